The van der Waals surface area contributed by atoms with Crippen LogP contribution in [-0.4, -0.2) is 48.0 Å². The van der Waals surface area contributed by atoms with E-state index in [1.165, 1.54) is 9.78 Å². The molecule has 0 spiro atoms. The number of urea groups is 1. The van der Waals surface area contributed by atoms with Crippen LogP contribution in [0.25, 0.3) is 0 Å². The Morgan fingerprint density at radius 1 is 1.45 bits per heavy atom. The summed E-state index contributed by atoms with van der Waals surface area (Å²) in [6.07, 6.45) is -5.81. The molecule has 22 heavy (non-hydrogen) atoms. The van der Waals surface area contributed by atoms with E-state index in [2.05, 4.69) is 5.32 Å². The molecule has 0 unspecified atom stereocenters. The summed E-state index contributed by atoms with van der Waals surface area (Å²) in [6.45, 7) is 0.982. The number of hydrogen-bond donors (Lipinski definition) is 2. The molecule has 1 aliphatic rings. The monoisotopic (exact) mass is 336 g/mol. The zero-order valence-corrected chi connectivity index (χ0v) is 12.8. The molecule has 0 aromatic carbocycles. The fraction of sp³-hybridized carbons (Fsp3) is 0.643. The summed E-state index contributed by atoms with van der Waals surface area (Å²) in [5.41, 5.74) is 0. The number of amides is 2. The first kappa shape index (κ1) is 17.1. The van der Waals surface area contributed by atoms with Crippen LogP contribution < -0.4 is 5.32 Å². The standard InChI is InChI=1S/C14H19F3N2O2S/c15-14(16,17)12(20)10-4-7-19(8-5-10)13(21)18-6-3-11-2-1-9-22-11/h1-2,9-10,12,20H,3-8H2,(H,18,21)/t12-/m1/s1. The molecule has 2 heterocycles. The highest BCUT2D eigenvalue weighted by atomic mass is 32.1. The van der Waals surface area contributed by atoms with Crippen LogP contribution in [0.3, 0.4) is 0 Å². The van der Waals surface area contributed by atoms with Crippen LogP contribution in [0.1, 0.15) is 17.7 Å². The molecule has 1 atom stereocenters. The predicted octanol–water partition coefficient (Wildman–Crippen LogP) is 2.64. The molecule has 1 saturated heterocycles. The molecule has 1 aromatic rings. The molecule has 1 aliphatic heterocycles. The van der Waals surface area contributed by atoms with Crippen molar-refractivity contribution in [3.8, 4) is 0 Å². The Bertz CT molecular complexity index is 471. The Labute approximate surface area is 130 Å². The first-order valence-electron chi connectivity index (χ1n) is 7.18. The molecule has 2 N–H and O–H groups in total. The highest BCUT2D eigenvalue weighted by Gasteiger charge is 2.44. The minimum Gasteiger partial charge on any atom is -0.383 e. The molecule has 1 aromatic heterocycles. The number of nitrogens with zero attached hydrogens (tertiary/aromatic N) is 1. The average Bonchev–Trinajstić information content (AvgIpc) is 2.99. The van der Waals surface area contributed by atoms with E-state index < -0.39 is 18.2 Å². The molecule has 2 amide bonds. The number of aliphatic hydroxyl groups is 1. The second kappa shape index (κ2) is 7.32. The Morgan fingerprint density at radius 2 is 2.14 bits per heavy atom. The summed E-state index contributed by atoms with van der Waals surface area (Å²) in [7, 11) is 0. The van der Waals surface area contributed by atoms with Gasteiger partial charge in [0.2, 0.25) is 0 Å². The van der Waals surface area contributed by atoms with Crippen molar-refractivity contribution in [1.29, 1.82) is 0 Å². The minimum absolute atomic E-state index is 0.166. The summed E-state index contributed by atoms with van der Waals surface area (Å²) in [6, 6.07) is 3.68. The van der Waals surface area contributed by atoms with Gasteiger partial charge >= 0.3 is 12.2 Å². The van der Waals surface area contributed by atoms with Crippen LogP contribution in [0, 0.1) is 5.92 Å². The third-order valence-corrected chi connectivity index (χ3v) is 4.77. The van der Waals surface area contributed by atoms with Gasteiger partial charge in [-0.25, -0.2) is 4.79 Å². The van der Waals surface area contributed by atoms with Crippen LogP contribution in [0.2, 0.25) is 0 Å². The van der Waals surface area contributed by atoms with Crippen LogP contribution in [-0.2, 0) is 6.42 Å². The van der Waals surface area contributed by atoms with Crippen molar-refractivity contribution < 1.29 is 23.1 Å². The topological polar surface area (TPSA) is 52.6 Å². The van der Waals surface area contributed by atoms with Gasteiger partial charge in [0.05, 0.1) is 0 Å². The lowest BCUT2D eigenvalue weighted by Crippen LogP contribution is -2.48. The van der Waals surface area contributed by atoms with Gasteiger partial charge in [-0.1, -0.05) is 6.07 Å². The highest BCUT2D eigenvalue weighted by Crippen LogP contribution is 2.31. The van der Waals surface area contributed by atoms with E-state index in [0.29, 0.717) is 6.54 Å². The molecule has 8 heteroatoms. The Hall–Kier alpha value is -1.28. The summed E-state index contributed by atoms with van der Waals surface area (Å²) < 4.78 is 37.3. The van der Waals surface area contributed by atoms with E-state index >= 15 is 0 Å². The van der Waals surface area contributed by atoms with E-state index in [9.17, 15) is 23.1 Å². The van der Waals surface area contributed by atoms with Crippen LogP contribution in [0.4, 0.5) is 18.0 Å². The number of likely N-dealkylation sites (tertiary alicyclic amines) is 1. The van der Waals surface area contributed by atoms with Crippen molar-refractivity contribution in [2.75, 3.05) is 19.6 Å². The summed E-state index contributed by atoms with van der Waals surface area (Å²) in [5.74, 6) is -0.824. The number of carbonyl (C=O) groups is 1. The molecule has 4 nitrogen and oxygen atoms in total. The summed E-state index contributed by atoms with van der Waals surface area (Å²) in [5, 5.41) is 14.0. The van der Waals surface area contributed by atoms with Gasteiger partial charge in [-0.2, -0.15) is 13.2 Å². The number of carbonyl (C=O) groups excluding carboxylic acids is 1. The number of nitrogens with one attached hydrogen (secondary N) is 1. The second-order valence-corrected chi connectivity index (χ2v) is 6.40. The number of aliphatic hydroxyl groups excluding tert-OH is 1. The van der Waals surface area contributed by atoms with Gasteiger partial charge in [-0.15, -0.1) is 11.3 Å². The minimum atomic E-state index is -4.59. The fourth-order valence-electron chi connectivity index (χ4n) is 2.54. The molecule has 0 aliphatic carbocycles. The Morgan fingerprint density at radius 3 is 2.68 bits per heavy atom. The zero-order valence-electron chi connectivity index (χ0n) is 12.0. The molecule has 0 saturated carbocycles. The first-order valence-corrected chi connectivity index (χ1v) is 8.06. The van der Waals surface area contributed by atoms with Gasteiger partial charge in [0.1, 0.15) is 0 Å². The molecular formula is C14H19F3N2O2S. The number of hydrogen-bond acceptors (Lipinski definition) is 3. The third-order valence-electron chi connectivity index (χ3n) is 3.84. The van der Waals surface area contributed by atoms with Crippen molar-refractivity contribution in [1.82, 2.24) is 10.2 Å². The molecule has 1 fully saturated rings. The van der Waals surface area contributed by atoms with Crippen LogP contribution in [0.5, 0.6) is 0 Å². The Balaban J connectivity index is 1.70. The van der Waals surface area contributed by atoms with Gasteiger partial charge in [-0.3, -0.25) is 0 Å². The lowest BCUT2D eigenvalue weighted by atomic mass is 9.91. The largest absolute Gasteiger partial charge is 0.414 e. The zero-order chi connectivity index (χ0) is 16.2. The number of thiophene rings is 1. The van der Waals surface area contributed by atoms with E-state index in [0.717, 1.165) is 6.42 Å². The molecule has 2 rings (SSSR count). The fourth-order valence-corrected chi connectivity index (χ4v) is 3.25. The quantitative estimate of drug-likeness (QED) is 0.888. The van der Waals surface area contributed by atoms with Crippen molar-refractivity contribution in [3.63, 3.8) is 0 Å². The SMILES string of the molecule is O=C(NCCc1cccs1)N1CCC([C@@H](O)C(F)(F)F)CC1. The van der Waals surface area contributed by atoms with Crippen molar-refractivity contribution in [3.05, 3.63) is 22.4 Å². The van der Waals surface area contributed by atoms with Crippen molar-refractivity contribution in [2.24, 2.45) is 5.92 Å². The van der Waals surface area contributed by atoms with Gasteiger partial charge in [0.15, 0.2) is 6.10 Å². The van der Waals surface area contributed by atoms with Gasteiger partial charge < -0.3 is 15.3 Å². The number of halogens is 3. The lowest BCUT2D eigenvalue weighted by Gasteiger charge is -2.34. The van der Waals surface area contributed by atoms with Crippen LogP contribution >= 0.6 is 11.3 Å². The van der Waals surface area contributed by atoms with E-state index in [1.807, 2.05) is 17.5 Å². The molecule has 0 radical (unpaired) electrons. The smallest absolute Gasteiger partial charge is 0.383 e. The number of piperidine rings is 1. The third kappa shape index (κ3) is 4.61. The molecule has 0 bridgehead atoms. The second-order valence-electron chi connectivity index (χ2n) is 5.37. The predicted molar refractivity (Wildman–Crippen MR) is 77.8 cm³/mol. The van der Waals surface area contributed by atoms with Gasteiger partial charge in [-0.05, 0) is 36.6 Å². The van der Waals surface area contributed by atoms with E-state index in [-0.39, 0.29) is 32.0 Å². The number of rotatable bonds is 4. The van der Waals surface area contributed by atoms with Gasteiger partial charge in [0, 0.05) is 24.5 Å². The maximum atomic E-state index is 12.4. The Kier molecular flexibility index (Phi) is 5.69. The van der Waals surface area contributed by atoms with Gasteiger partial charge in [0.25, 0.3) is 0 Å². The molecular weight excluding hydrogens is 317 g/mol. The van der Waals surface area contributed by atoms with Crippen LogP contribution in [0.15, 0.2) is 17.5 Å². The van der Waals surface area contributed by atoms with E-state index in [1.54, 1.807) is 11.3 Å². The normalized spacial score (nSPS) is 18.3. The summed E-state index contributed by atoms with van der Waals surface area (Å²) >= 11 is 1.62. The number of alkyl halides is 3. The summed E-state index contributed by atoms with van der Waals surface area (Å²) in [4.78, 5) is 14.6. The highest BCUT2D eigenvalue weighted by molar-refractivity contribution is 7.09. The first-order chi connectivity index (χ1) is 10.4. The van der Waals surface area contributed by atoms with E-state index in [4.69, 9.17) is 0 Å². The lowest BCUT2D eigenvalue weighted by molar-refractivity contribution is -0.222. The maximum Gasteiger partial charge on any atom is 0.414 e. The van der Waals surface area contributed by atoms with Crippen molar-refractivity contribution >= 4 is 17.4 Å². The average molecular weight is 336 g/mol. The maximum absolute atomic E-state index is 12.4. The van der Waals surface area contributed by atoms with Crippen molar-refractivity contribution in [2.45, 2.75) is 31.5 Å². The molecule has 124 valence electrons.